The number of thiophene rings is 1. The number of ketones is 1. The van der Waals surface area contributed by atoms with Crippen LogP contribution in [-0.4, -0.2) is 30.3 Å². The van der Waals surface area contributed by atoms with E-state index in [2.05, 4.69) is 6.07 Å². The number of Topliss-reactive ketones (excluding diaryl/α,β-unsaturated/α-hetero) is 1. The van der Waals surface area contributed by atoms with Gasteiger partial charge in [0, 0.05) is 6.04 Å². The number of carbonyl (C=O) groups is 1. The third-order valence-electron chi connectivity index (χ3n) is 2.33. The number of hydrogen-bond donors (Lipinski definition) is 0. The number of nitrogens with zero attached hydrogens (tertiary/aromatic N) is 2. The highest BCUT2D eigenvalue weighted by Crippen LogP contribution is 2.11. The predicted octanol–water partition coefficient (Wildman–Crippen LogP) is 2.16. The van der Waals surface area contributed by atoms with Crippen LogP contribution in [0.3, 0.4) is 0 Å². The molecule has 0 aromatic carbocycles. The van der Waals surface area contributed by atoms with Crippen molar-refractivity contribution in [2.45, 2.75) is 19.4 Å². The van der Waals surface area contributed by atoms with E-state index in [0.29, 0.717) is 13.0 Å². The van der Waals surface area contributed by atoms with Gasteiger partial charge in [-0.2, -0.15) is 5.26 Å². The molecule has 0 radical (unpaired) electrons. The first-order valence-electron chi connectivity index (χ1n) is 4.79. The van der Waals surface area contributed by atoms with Gasteiger partial charge >= 0.3 is 0 Å². The molecule has 1 unspecified atom stereocenters. The lowest BCUT2D eigenvalue weighted by Gasteiger charge is -2.21. The van der Waals surface area contributed by atoms with Crippen molar-refractivity contribution in [3.8, 4) is 6.07 Å². The lowest BCUT2D eigenvalue weighted by Crippen LogP contribution is -2.33. The van der Waals surface area contributed by atoms with Gasteiger partial charge in [0.25, 0.3) is 0 Å². The molecule has 1 atom stereocenters. The Bertz CT molecular complexity index is 353. The summed E-state index contributed by atoms with van der Waals surface area (Å²) in [7, 11) is 1.87. The van der Waals surface area contributed by atoms with E-state index in [1.165, 1.54) is 11.3 Å². The zero-order valence-electron chi connectivity index (χ0n) is 8.93. The molecule has 0 saturated heterocycles. The maximum atomic E-state index is 11.7. The predicted molar refractivity (Wildman–Crippen MR) is 61.0 cm³/mol. The van der Waals surface area contributed by atoms with Crippen LogP contribution in [0.1, 0.15) is 23.0 Å². The normalized spacial score (nSPS) is 12.4. The highest BCUT2D eigenvalue weighted by atomic mass is 32.1. The van der Waals surface area contributed by atoms with Crippen LogP contribution in [0.4, 0.5) is 0 Å². The van der Waals surface area contributed by atoms with E-state index in [1.807, 2.05) is 36.4 Å². The first-order valence-corrected chi connectivity index (χ1v) is 5.67. The molecule has 0 N–H and O–H groups in total. The number of carbonyl (C=O) groups excluding carboxylic acids is 1. The van der Waals surface area contributed by atoms with Gasteiger partial charge in [0.05, 0.1) is 23.9 Å². The number of hydrogen-bond acceptors (Lipinski definition) is 4. The molecule has 0 aliphatic carbocycles. The van der Waals surface area contributed by atoms with E-state index in [9.17, 15) is 4.79 Å². The molecule has 1 rings (SSSR count). The Balaban J connectivity index is 2.49. The van der Waals surface area contributed by atoms with Gasteiger partial charge in [0.1, 0.15) is 0 Å². The van der Waals surface area contributed by atoms with Crippen molar-refractivity contribution in [2.24, 2.45) is 0 Å². The Labute approximate surface area is 93.9 Å². The topological polar surface area (TPSA) is 44.1 Å². The average molecular weight is 222 g/mol. The first-order chi connectivity index (χ1) is 7.15. The molecule has 3 nitrogen and oxygen atoms in total. The minimum absolute atomic E-state index is 0.122. The summed E-state index contributed by atoms with van der Waals surface area (Å²) < 4.78 is 0. The molecule has 1 aromatic heterocycles. The third kappa shape index (κ3) is 3.46. The van der Waals surface area contributed by atoms with Crippen molar-refractivity contribution in [1.29, 1.82) is 5.26 Å². The summed E-state index contributed by atoms with van der Waals surface area (Å²) >= 11 is 1.46. The zero-order chi connectivity index (χ0) is 11.3. The monoisotopic (exact) mass is 222 g/mol. The smallest absolute Gasteiger partial charge is 0.186 e. The van der Waals surface area contributed by atoms with Crippen LogP contribution < -0.4 is 0 Å². The Hall–Kier alpha value is -1.18. The van der Waals surface area contributed by atoms with Gasteiger partial charge in [0.15, 0.2) is 5.78 Å². The third-order valence-corrected chi connectivity index (χ3v) is 3.24. The van der Waals surface area contributed by atoms with E-state index >= 15 is 0 Å². The fraction of sp³-hybridized carbons (Fsp3) is 0.455. The molecule has 0 aliphatic heterocycles. The van der Waals surface area contributed by atoms with Crippen molar-refractivity contribution in [1.82, 2.24) is 4.90 Å². The second-order valence-electron chi connectivity index (χ2n) is 3.53. The number of rotatable bonds is 5. The molecule has 1 heterocycles. The fourth-order valence-electron chi connectivity index (χ4n) is 1.19. The van der Waals surface area contributed by atoms with E-state index in [0.717, 1.165) is 4.88 Å². The average Bonchev–Trinajstić information content (AvgIpc) is 2.70. The SMILES string of the molecule is CC(CC#N)N(C)CC(=O)c1cccs1. The van der Waals surface area contributed by atoms with Crippen LogP contribution in [0.2, 0.25) is 0 Å². The summed E-state index contributed by atoms with van der Waals surface area (Å²) in [6, 6.07) is 5.93. The molecule has 0 spiro atoms. The molecule has 0 aliphatic rings. The van der Waals surface area contributed by atoms with E-state index < -0.39 is 0 Å². The fourth-order valence-corrected chi connectivity index (χ4v) is 1.84. The maximum Gasteiger partial charge on any atom is 0.186 e. The number of nitriles is 1. The summed E-state index contributed by atoms with van der Waals surface area (Å²) in [6.45, 7) is 2.33. The largest absolute Gasteiger partial charge is 0.295 e. The summed E-state index contributed by atoms with van der Waals surface area (Å²) in [6.07, 6.45) is 0.453. The lowest BCUT2D eigenvalue weighted by molar-refractivity contribution is 0.0930. The zero-order valence-corrected chi connectivity index (χ0v) is 9.75. The summed E-state index contributed by atoms with van der Waals surface area (Å²) in [5.74, 6) is 0.122. The maximum absolute atomic E-state index is 11.7. The standard InChI is InChI=1S/C11H14N2OS/c1-9(5-6-12)13(2)8-10(14)11-4-3-7-15-11/h3-4,7,9H,5,8H2,1-2H3. The van der Waals surface area contributed by atoms with Gasteiger partial charge < -0.3 is 0 Å². The molecule has 80 valence electrons. The minimum atomic E-state index is 0.122. The molecule has 0 amide bonds. The van der Waals surface area contributed by atoms with Crippen LogP contribution >= 0.6 is 11.3 Å². The van der Waals surface area contributed by atoms with Crippen molar-refractivity contribution in [2.75, 3.05) is 13.6 Å². The van der Waals surface area contributed by atoms with Gasteiger partial charge in [-0.15, -0.1) is 11.3 Å². The molecule has 0 bridgehead atoms. The lowest BCUT2D eigenvalue weighted by atomic mass is 10.2. The van der Waals surface area contributed by atoms with Crippen LogP contribution in [-0.2, 0) is 0 Å². The van der Waals surface area contributed by atoms with E-state index in [4.69, 9.17) is 5.26 Å². The van der Waals surface area contributed by atoms with Gasteiger partial charge in [-0.25, -0.2) is 0 Å². The Morgan fingerprint density at radius 1 is 1.73 bits per heavy atom. The van der Waals surface area contributed by atoms with Gasteiger partial charge in [0.2, 0.25) is 0 Å². The van der Waals surface area contributed by atoms with E-state index in [1.54, 1.807) is 0 Å². The summed E-state index contributed by atoms with van der Waals surface area (Å²) in [5, 5.41) is 10.4. The molecule has 15 heavy (non-hydrogen) atoms. The Morgan fingerprint density at radius 3 is 3.00 bits per heavy atom. The molecule has 4 heteroatoms. The summed E-state index contributed by atoms with van der Waals surface area (Å²) in [4.78, 5) is 14.4. The second-order valence-corrected chi connectivity index (χ2v) is 4.47. The second kappa shape index (κ2) is 5.64. The molecule has 0 saturated carbocycles. The van der Waals surface area contributed by atoms with Crippen molar-refractivity contribution in [3.63, 3.8) is 0 Å². The van der Waals surface area contributed by atoms with Crippen LogP contribution in [0.15, 0.2) is 17.5 Å². The highest BCUT2D eigenvalue weighted by molar-refractivity contribution is 7.12. The van der Waals surface area contributed by atoms with Crippen molar-refractivity contribution in [3.05, 3.63) is 22.4 Å². The molecule has 1 aromatic rings. The van der Waals surface area contributed by atoms with Gasteiger partial charge in [-0.3, -0.25) is 9.69 Å². The highest BCUT2D eigenvalue weighted by Gasteiger charge is 2.14. The van der Waals surface area contributed by atoms with Crippen LogP contribution in [0, 0.1) is 11.3 Å². The van der Waals surface area contributed by atoms with Crippen LogP contribution in [0.25, 0.3) is 0 Å². The first kappa shape index (κ1) is 11.9. The van der Waals surface area contributed by atoms with Crippen molar-refractivity contribution >= 4 is 17.1 Å². The molecular weight excluding hydrogens is 208 g/mol. The Kier molecular flexibility index (Phi) is 4.47. The van der Waals surface area contributed by atoms with Gasteiger partial charge in [-0.1, -0.05) is 6.07 Å². The Morgan fingerprint density at radius 2 is 2.47 bits per heavy atom. The number of likely N-dealkylation sites (N-methyl/N-ethyl adjacent to an activating group) is 1. The quantitative estimate of drug-likeness (QED) is 0.717. The minimum Gasteiger partial charge on any atom is -0.295 e. The van der Waals surface area contributed by atoms with Gasteiger partial charge in [-0.05, 0) is 25.4 Å². The molecule has 0 fully saturated rings. The van der Waals surface area contributed by atoms with Crippen LogP contribution in [0.5, 0.6) is 0 Å². The van der Waals surface area contributed by atoms with E-state index in [-0.39, 0.29) is 11.8 Å². The summed E-state index contributed by atoms with van der Waals surface area (Å²) in [5.41, 5.74) is 0. The van der Waals surface area contributed by atoms with Crippen molar-refractivity contribution < 1.29 is 4.79 Å². The molecular formula is C11H14N2OS.